The molecule has 0 aromatic carbocycles. The van der Waals surface area contributed by atoms with E-state index in [0.717, 1.165) is 12.7 Å². The number of nitrogens with one attached hydrogen (secondary N) is 1. The summed E-state index contributed by atoms with van der Waals surface area (Å²) in [5.41, 5.74) is 0. The average molecular weight is 143 g/mol. The SMILES string of the molecule is CC1CC1N[C@H](C=O)CO. The van der Waals surface area contributed by atoms with Gasteiger partial charge in [-0.25, -0.2) is 0 Å². The highest BCUT2D eigenvalue weighted by Gasteiger charge is 2.33. The zero-order valence-corrected chi connectivity index (χ0v) is 6.08. The van der Waals surface area contributed by atoms with E-state index < -0.39 is 0 Å². The molecule has 1 aliphatic carbocycles. The molecule has 0 heterocycles. The van der Waals surface area contributed by atoms with Gasteiger partial charge in [-0.1, -0.05) is 6.92 Å². The summed E-state index contributed by atoms with van der Waals surface area (Å²) in [6.07, 6.45) is 1.88. The first-order valence-corrected chi connectivity index (χ1v) is 3.60. The molecular formula is C7H13NO2. The van der Waals surface area contributed by atoms with Crippen LogP contribution in [0.15, 0.2) is 0 Å². The summed E-state index contributed by atoms with van der Waals surface area (Å²) in [5, 5.41) is 11.6. The molecule has 3 nitrogen and oxygen atoms in total. The number of hydrogen-bond acceptors (Lipinski definition) is 3. The van der Waals surface area contributed by atoms with Crippen molar-refractivity contribution in [3.8, 4) is 0 Å². The topological polar surface area (TPSA) is 49.3 Å². The molecule has 1 saturated carbocycles. The second-order valence-electron chi connectivity index (χ2n) is 2.91. The van der Waals surface area contributed by atoms with Crippen LogP contribution in [0.2, 0.25) is 0 Å². The van der Waals surface area contributed by atoms with E-state index in [4.69, 9.17) is 5.11 Å². The third-order valence-electron chi connectivity index (χ3n) is 1.90. The lowest BCUT2D eigenvalue weighted by Crippen LogP contribution is -2.36. The smallest absolute Gasteiger partial charge is 0.139 e. The Hall–Kier alpha value is -0.410. The van der Waals surface area contributed by atoms with Crippen molar-refractivity contribution in [1.29, 1.82) is 0 Å². The summed E-state index contributed by atoms with van der Waals surface area (Å²) >= 11 is 0. The molecule has 0 aromatic rings. The van der Waals surface area contributed by atoms with Gasteiger partial charge in [0.05, 0.1) is 12.6 Å². The lowest BCUT2D eigenvalue weighted by Gasteiger charge is -2.07. The number of aliphatic hydroxyl groups is 1. The van der Waals surface area contributed by atoms with Gasteiger partial charge in [0.2, 0.25) is 0 Å². The molecule has 1 fully saturated rings. The van der Waals surface area contributed by atoms with E-state index in [1.165, 1.54) is 0 Å². The van der Waals surface area contributed by atoms with Gasteiger partial charge in [0.15, 0.2) is 0 Å². The quantitative estimate of drug-likeness (QED) is 0.524. The maximum absolute atomic E-state index is 10.2. The molecule has 0 bridgehead atoms. The molecule has 0 radical (unpaired) electrons. The zero-order chi connectivity index (χ0) is 7.56. The van der Waals surface area contributed by atoms with Gasteiger partial charge in [-0.05, 0) is 12.3 Å². The minimum absolute atomic E-state index is 0.0906. The summed E-state index contributed by atoms with van der Waals surface area (Å²) in [5.74, 6) is 0.675. The molecule has 3 atom stereocenters. The average Bonchev–Trinajstić information content (AvgIpc) is 2.62. The van der Waals surface area contributed by atoms with E-state index in [9.17, 15) is 4.79 Å². The summed E-state index contributed by atoms with van der Waals surface area (Å²) in [6, 6.07) is 0.109. The van der Waals surface area contributed by atoms with Crippen molar-refractivity contribution >= 4 is 6.29 Å². The molecule has 2 N–H and O–H groups in total. The van der Waals surface area contributed by atoms with Gasteiger partial charge in [-0.15, -0.1) is 0 Å². The van der Waals surface area contributed by atoms with Crippen LogP contribution in [0, 0.1) is 5.92 Å². The Kier molecular flexibility index (Phi) is 2.40. The molecule has 3 heteroatoms. The monoisotopic (exact) mass is 143 g/mol. The maximum atomic E-state index is 10.2. The molecule has 0 saturated heterocycles. The summed E-state index contributed by atoms with van der Waals surface area (Å²) in [7, 11) is 0. The Bertz CT molecular complexity index is 127. The summed E-state index contributed by atoms with van der Waals surface area (Å²) in [4.78, 5) is 10.2. The van der Waals surface area contributed by atoms with Crippen molar-refractivity contribution in [2.24, 2.45) is 5.92 Å². The molecular weight excluding hydrogens is 130 g/mol. The lowest BCUT2D eigenvalue weighted by atomic mass is 10.3. The molecule has 2 unspecified atom stereocenters. The molecule has 10 heavy (non-hydrogen) atoms. The van der Waals surface area contributed by atoms with Crippen molar-refractivity contribution in [3.05, 3.63) is 0 Å². The Morgan fingerprint density at radius 2 is 2.50 bits per heavy atom. The van der Waals surface area contributed by atoms with Crippen molar-refractivity contribution in [2.45, 2.75) is 25.4 Å². The second-order valence-corrected chi connectivity index (χ2v) is 2.91. The third kappa shape index (κ3) is 1.78. The normalized spacial score (nSPS) is 33.4. The van der Waals surface area contributed by atoms with Crippen molar-refractivity contribution in [3.63, 3.8) is 0 Å². The molecule has 0 spiro atoms. The van der Waals surface area contributed by atoms with Crippen molar-refractivity contribution < 1.29 is 9.90 Å². The number of aliphatic hydroxyl groups excluding tert-OH is 1. The van der Waals surface area contributed by atoms with Gasteiger partial charge >= 0.3 is 0 Å². The van der Waals surface area contributed by atoms with Crippen LogP contribution in [0.25, 0.3) is 0 Å². The first-order valence-electron chi connectivity index (χ1n) is 3.60. The number of hydrogen-bond donors (Lipinski definition) is 2. The van der Waals surface area contributed by atoms with Crippen LogP contribution in [-0.2, 0) is 4.79 Å². The predicted octanol–water partition coefficient (Wildman–Crippen LogP) is -0.456. The standard InChI is InChI=1S/C7H13NO2/c1-5-2-7(5)8-6(3-9)4-10/h3,5-8,10H,2,4H2,1H3/t5?,6-,7?/m1/s1. The van der Waals surface area contributed by atoms with Crippen LogP contribution in [0.4, 0.5) is 0 Å². The fraction of sp³-hybridized carbons (Fsp3) is 0.857. The number of carbonyl (C=O) groups is 1. The van der Waals surface area contributed by atoms with Gasteiger partial charge in [0.1, 0.15) is 6.29 Å². The fourth-order valence-corrected chi connectivity index (χ4v) is 0.964. The first kappa shape index (κ1) is 7.69. The first-order chi connectivity index (χ1) is 4.77. The van der Waals surface area contributed by atoms with E-state index in [-0.39, 0.29) is 12.6 Å². The Labute approximate surface area is 60.4 Å². The fourth-order valence-electron chi connectivity index (χ4n) is 0.964. The van der Waals surface area contributed by atoms with Crippen LogP contribution in [0.3, 0.4) is 0 Å². The summed E-state index contributed by atoms with van der Waals surface area (Å²) in [6.45, 7) is 2.03. The predicted molar refractivity (Wildman–Crippen MR) is 37.6 cm³/mol. The number of carbonyl (C=O) groups excluding carboxylic acids is 1. The number of aldehydes is 1. The number of rotatable bonds is 4. The highest BCUT2D eigenvalue weighted by atomic mass is 16.3. The van der Waals surface area contributed by atoms with Gasteiger partial charge < -0.3 is 15.2 Å². The van der Waals surface area contributed by atoms with E-state index >= 15 is 0 Å². The van der Waals surface area contributed by atoms with E-state index in [1.807, 2.05) is 0 Å². The Morgan fingerprint density at radius 3 is 2.80 bits per heavy atom. The molecule has 1 aliphatic rings. The van der Waals surface area contributed by atoms with Crippen LogP contribution in [-0.4, -0.2) is 30.1 Å². The van der Waals surface area contributed by atoms with Crippen LogP contribution < -0.4 is 5.32 Å². The second kappa shape index (κ2) is 3.12. The zero-order valence-electron chi connectivity index (χ0n) is 6.08. The highest BCUT2D eigenvalue weighted by Crippen LogP contribution is 2.29. The summed E-state index contributed by atoms with van der Waals surface area (Å²) < 4.78 is 0. The lowest BCUT2D eigenvalue weighted by molar-refractivity contribution is -0.110. The Balaban J connectivity index is 2.16. The van der Waals surface area contributed by atoms with Gasteiger partial charge in [-0.3, -0.25) is 0 Å². The molecule has 58 valence electrons. The minimum atomic E-state index is -0.352. The molecule has 0 aromatic heterocycles. The van der Waals surface area contributed by atoms with Gasteiger partial charge in [0.25, 0.3) is 0 Å². The van der Waals surface area contributed by atoms with Crippen LogP contribution >= 0.6 is 0 Å². The van der Waals surface area contributed by atoms with Crippen molar-refractivity contribution in [2.75, 3.05) is 6.61 Å². The molecule has 1 rings (SSSR count). The Morgan fingerprint density at radius 1 is 1.90 bits per heavy atom. The maximum Gasteiger partial charge on any atom is 0.139 e. The van der Waals surface area contributed by atoms with E-state index in [0.29, 0.717) is 12.0 Å². The van der Waals surface area contributed by atoms with E-state index in [1.54, 1.807) is 0 Å². The van der Waals surface area contributed by atoms with Crippen molar-refractivity contribution in [1.82, 2.24) is 5.32 Å². The molecule has 0 aliphatic heterocycles. The van der Waals surface area contributed by atoms with E-state index in [2.05, 4.69) is 12.2 Å². The molecule has 0 amide bonds. The van der Waals surface area contributed by atoms with Gasteiger partial charge in [0, 0.05) is 6.04 Å². The van der Waals surface area contributed by atoms with Crippen LogP contribution in [0.5, 0.6) is 0 Å². The third-order valence-corrected chi connectivity index (χ3v) is 1.90. The highest BCUT2D eigenvalue weighted by molar-refractivity contribution is 5.57. The van der Waals surface area contributed by atoms with Gasteiger partial charge in [-0.2, -0.15) is 0 Å². The van der Waals surface area contributed by atoms with Crippen LogP contribution in [0.1, 0.15) is 13.3 Å². The minimum Gasteiger partial charge on any atom is -0.394 e. The largest absolute Gasteiger partial charge is 0.394 e.